The highest BCUT2D eigenvalue weighted by Crippen LogP contribution is 2.33. The first-order valence-corrected chi connectivity index (χ1v) is 15.3. The van der Waals surface area contributed by atoms with Gasteiger partial charge in [0.2, 0.25) is 34.9 Å². The molecule has 2 unspecified atom stereocenters. The molecule has 0 radical (unpaired) electrons. The van der Waals surface area contributed by atoms with E-state index in [0.717, 1.165) is 5.56 Å². The molecule has 49 heavy (non-hydrogen) atoms. The van der Waals surface area contributed by atoms with Gasteiger partial charge in [0.25, 0.3) is 0 Å². The number of benzene rings is 4. The van der Waals surface area contributed by atoms with Crippen molar-refractivity contribution in [3.8, 4) is 0 Å². The molecule has 0 bridgehead atoms. The third-order valence-corrected chi connectivity index (χ3v) is 7.40. The van der Waals surface area contributed by atoms with Crippen LogP contribution in [0.15, 0.2) is 132 Å². The minimum absolute atomic E-state index is 0.222. The van der Waals surface area contributed by atoms with Gasteiger partial charge in [-0.1, -0.05) is 96.0 Å². The summed E-state index contributed by atoms with van der Waals surface area (Å²) in [5, 5.41) is 6.11. The highest BCUT2D eigenvalue weighted by atomic mass is 35.5. The molecule has 4 aromatic carbocycles. The number of nitrogens with one attached hydrogen (secondary N) is 2. The Labute approximate surface area is 290 Å². The van der Waals surface area contributed by atoms with E-state index in [0.29, 0.717) is 26.9 Å². The monoisotopic (exact) mass is 702 g/mol. The fraction of sp³-hybridized carbons (Fsp3) is 0.0857. The van der Waals surface area contributed by atoms with Crippen molar-refractivity contribution in [3.05, 3.63) is 159 Å². The number of Topliss-reactive ketones (excluding diaryl/α,β-unsaturated/α-hetero) is 2. The second kappa shape index (κ2) is 15.7. The minimum Gasteiger partial charge on any atom is -0.460 e. The van der Waals surface area contributed by atoms with Crippen LogP contribution >= 0.6 is 23.2 Å². The smallest absolute Gasteiger partial charge is 0.417 e. The van der Waals surface area contributed by atoms with Gasteiger partial charge in [-0.15, -0.1) is 0 Å². The maximum absolute atomic E-state index is 12.4. The van der Waals surface area contributed by atoms with Crippen molar-refractivity contribution in [2.45, 2.75) is 18.8 Å². The number of ketones is 2. The molecule has 2 atom stereocenters. The molecule has 0 fully saturated rings. The van der Waals surface area contributed by atoms with Crippen LogP contribution < -0.4 is 22.1 Å². The third kappa shape index (κ3) is 8.89. The Bertz CT molecular complexity index is 1900. The maximum Gasteiger partial charge on any atom is 0.417 e. The molecule has 6 rings (SSSR count). The highest BCUT2D eigenvalue weighted by Gasteiger charge is 2.39. The van der Waals surface area contributed by atoms with Gasteiger partial charge >= 0.3 is 12.2 Å². The van der Waals surface area contributed by atoms with Crippen LogP contribution in [0.1, 0.15) is 28.9 Å². The standard InChI is InChI=1S/C18H15ClN2O4.C17H13ClN2O4/c19-13-8-6-12(7-9-13)15-14(22)16(17(20)24-15)25-18(23)21-10-11-4-2-1-3-5-11;18-11-8-6-10(7-9-11)14-13(21)15(16(19)23-14)24-17(22)20-12-4-2-1-3-5-12/h1-9,15H,10,20H2,(H,21,23);1-9,14H,19H2,(H,20,22). The Kier molecular flexibility index (Phi) is 11.0. The number of halogens is 2. The number of para-hydroxylation sites is 1. The minimum atomic E-state index is -0.957. The van der Waals surface area contributed by atoms with E-state index in [-0.39, 0.29) is 29.8 Å². The normalized spacial score (nSPS) is 16.6. The van der Waals surface area contributed by atoms with E-state index in [4.69, 9.17) is 53.6 Å². The summed E-state index contributed by atoms with van der Waals surface area (Å²) in [7, 11) is 0. The molecule has 6 N–H and O–H groups in total. The van der Waals surface area contributed by atoms with E-state index in [1.54, 1.807) is 72.8 Å². The van der Waals surface area contributed by atoms with E-state index >= 15 is 0 Å². The number of amides is 2. The van der Waals surface area contributed by atoms with Gasteiger partial charge in [0.05, 0.1) is 0 Å². The van der Waals surface area contributed by atoms with Crippen molar-refractivity contribution < 1.29 is 38.1 Å². The lowest BCUT2D eigenvalue weighted by atomic mass is 10.1. The average Bonchev–Trinajstić information content (AvgIpc) is 3.54. The molecule has 2 aliphatic rings. The summed E-state index contributed by atoms with van der Waals surface area (Å²) >= 11 is 11.6. The van der Waals surface area contributed by atoms with E-state index in [1.807, 2.05) is 36.4 Å². The zero-order chi connectivity index (χ0) is 34.9. The number of alkyl carbamates (subject to hydrolysis) is 1. The van der Waals surface area contributed by atoms with Crippen molar-refractivity contribution in [3.63, 3.8) is 0 Å². The van der Waals surface area contributed by atoms with Crippen LogP contribution in [-0.2, 0) is 35.1 Å². The molecule has 4 aromatic rings. The Morgan fingerprint density at radius 3 is 1.53 bits per heavy atom. The maximum atomic E-state index is 12.4. The lowest BCUT2D eigenvalue weighted by Gasteiger charge is -2.09. The molecule has 250 valence electrons. The van der Waals surface area contributed by atoms with E-state index in [1.165, 1.54) is 0 Å². The number of carbonyl (C=O) groups is 4. The van der Waals surface area contributed by atoms with Gasteiger partial charge in [-0.3, -0.25) is 14.9 Å². The second-order valence-corrected chi connectivity index (χ2v) is 11.2. The van der Waals surface area contributed by atoms with Gasteiger partial charge in [-0.05, 0) is 42.0 Å². The molecule has 2 amide bonds. The summed E-state index contributed by atoms with van der Waals surface area (Å²) in [6.07, 6.45) is -3.51. The topological polar surface area (TPSA) is 181 Å². The Morgan fingerprint density at radius 2 is 1.06 bits per heavy atom. The molecule has 0 spiro atoms. The lowest BCUT2D eigenvalue weighted by Crippen LogP contribution is -2.25. The van der Waals surface area contributed by atoms with Gasteiger partial charge in [0.15, 0.2) is 12.2 Å². The van der Waals surface area contributed by atoms with Crippen LogP contribution in [0.2, 0.25) is 10.0 Å². The highest BCUT2D eigenvalue weighted by molar-refractivity contribution is 6.30. The second-order valence-electron chi connectivity index (χ2n) is 10.3. The fourth-order valence-electron chi connectivity index (χ4n) is 4.52. The van der Waals surface area contributed by atoms with Gasteiger partial charge in [0, 0.05) is 33.4 Å². The van der Waals surface area contributed by atoms with Gasteiger partial charge in [-0.25, -0.2) is 9.59 Å². The summed E-state index contributed by atoms with van der Waals surface area (Å²) in [6.45, 7) is 0.266. The summed E-state index contributed by atoms with van der Waals surface area (Å²) in [6, 6.07) is 31.1. The number of ether oxygens (including phenoxy) is 4. The number of nitrogens with two attached hydrogens (primary N) is 2. The molecule has 2 heterocycles. The van der Waals surface area contributed by atoms with Crippen molar-refractivity contribution >= 4 is 52.6 Å². The number of hydrogen-bond donors (Lipinski definition) is 4. The zero-order valence-electron chi connectivity index (χ0n) is 25.4. The average molecular weight is 704 g/mol. The van der Waals surface area contributed by atoms with Crippen molar-refractivity contribution in [1.82, 2.24) is 5.32 Å². The molecule has 0 saturated heterocycles. The predicted octanol–water partition coefficient (Wildman–Crippen LogP) is 6.39. The third-order valence-electron chi connectivity index (χ3n) is 6.90. The van der Waals surface area contributed by atoms with Gasteiger partial charge < -0.3 is 35.7 Å². The molecular weight excluding hydrogens is 675 g/mol. The van der Waals surface area contributed by atoms with Gasteiger partial charge in [0.1, 0.15) is 0 Å². The molecule has 14 heteroatoms. The van der Waals surface area contributed by atoms with Crippen molar-refractivity contribution in [2.75, 3.05) is 5.32 Å². The number of rotatable bonds is 7. The van der Waals surface area contributed by atoms with Crippen LogP contribution in [0, 0.1) is 0 Å². The molecule has 2 aliphatic heterocycles. The van der Waals surface area contributed by atoms with Gasteiger partial charge in [-0.2, -0.15) is 0 Å². The number of anilines is 1. The Hall–Kier alpha value is -5.98. The largest absolute Gasteiger partial charge is 0.460 e. The SMILES string of the molecule is NC1=C(OC(=O)NCc2ccccc2)C(=O)C(c2ccc(Cl)cc2)O1.NC1=C(OC(=O)Nc2ccccc2)C(=O)C(c2ccc(Cl)cc2)O1. The van der Waals surface area contributed by atoms with E-state index in [2.05, 4.69) is 10.6 Å². The van der Waals surface area contributed by atoms with Crippen LogP contribution in [0.3, 0.4) is 0 Å². The first-order valence-electron chi connectivity index (χ1n) is 14.5. The van der Waals surface area contributed by atoms with E-state index < -0.39 is 36.0 Å². The molecule has 0 aromatic heterocycles. The van der Waals surface area contributed by atoms with E-state index in [9.17, 15) is 19.2 Å². The molecule has 0 saturated carbocycles. The summed E-state index contributed by atoms with van der Waals surface area (Å²) in [5.41, 5.74) is 13.9. The van der Waals surface area contributed by atoms with Crippen LogP contribution in [0.25, 0.3) is 0 Å². The molecule has 12 nitrogen and oxygen atoms in total. The molecule has 0 aliphatic carbocycles. The quantitative estimate of drug-likeness (QED) is 0.168. The first kappa shape index (κ1) is 34.4. The van der Waals surface area contributed by atoms with Crippen molar-refractivity contribution in [1.29, 1.82) is 0 Å². The summed E-state index contributed by atoms with van der Waals surface area (Å²) in [4.78, 5) is 48.6. The number of hydrogen-bond acceptors (Lipinski definition) is 10. The lowest BCUT2D eigenvalue weighted by molar-refractivity contribution is -0.124. The van der Waals surface area contributed by atoms with Crippen LogP contribution in [0.4, 0.5) is 15.3 Å². The Balaban J connectivity index is 0.000000191. The van der Waals surface area contributed by atoms with Crippen LogP contribution in [-0.4, -0.2) is 23.8 Å². The molecular formula is C35H28Cl2N4O8. The number of carbonyl (C=O) groups excluding carboxylic acids is 4. The summed E-state index contributed by atoms with van der Waals surface area (Å²) in [5.74, 6) is -2.12. The predicted molar refractivity (Wildman–Crippen MR) is 179 cm³/mol. The van der Waals surface area contributed by atoms with Crippen molar-refractivity contribution in [2.24, 2.45) is 11.5 Å². The fourth-order valence-corrected chi connectivity index (χ4v) is 4.77. The van der Waals surface area contributed by atoms with Crippen LogP contribution in [0.5, 0.6) is 0 Å². The summed E-state index contributed by atoms with van der Waals surface area (Å²) < 4.78 is 20.7. The first-order chi connectivity index (χ1) is 23.6. The zero-order valence-corrected chi connectivity index (χ0v) is 26.9. The Morgan fingerprint density at radius 1 is 0.633 bits per heavy atom.